The van der Waals surface area contributed by atoms with E-state index in [2.05, 4.69) is 13.8 Å². The van der Waals surface area contributed by atoms with Gasteiger partial charge in [-0.15, -0.1) is 0 Å². The molecule has 0 aromatic carbocycles. The summed E-state index contributed by atoms with van der Waals surface area (Å²) >= 11 is 0. The first kappa shape index (κ1) is 9.46. The summed E-state index contributed by atoms with van der Waals surface area (Å²) in [5, 5.41) is 8.87. The van der Waals surface area contributed by atoms with Crippen LogP contribution in [0.5, 0.6) is 0 Å². The van der Waals surface area contributed by atoms with Gasteiger partial charge in [-0.25, -0.2) is 0 Å². The molecule has 0 aromatic rings. The van der Waals surface area contributed by atoms with Crippen LogP contribution in [0.25, 0.3) is 0 Å². The van der Waals surface area contributed by atoms with Gasteiger partial charge in [-0.3, -0.25) is 4.79 Å². The largest absolute Gasteiger partial charge is 0.392 e. The summed E-state index contributed by atoms with van der Waals surface area (Å²) in [6, 6.07) is 0. The molecule has 1 unspecified atom stereocenters. The number of aliphatic hydroxyl groups excluding tert-OH is 1. The molecule has 0 fully saturated rings. The second-order valence-corrected chi connectivity index (χ2v) is 3.72. The Balaban J connectivity index is 2.73. The molecule has 12 heavy (non-hydrogen) atoms. The molecule has 0 radical (unpaired) electrons. The van der Waals surface area contributed by atoms with E-state index in [-0.39, 0.29) is 12.4 Å². The van der Waals surface area contributed by atoms with Gasteiger partial charge in [0.1, 0.15) is 0 Å². The maximum Gasteiger partial charge on any atom is 0.160 e. The van der Waals surface area contributed by atoms with E-state index in [0.29, 0.717) is 23.8 Å². The van der Waals surface area contributed by atoms with Crippen molar-refractivity contribution in [2.45, 2.75) is 26.7 Å². The Hall–Kier alpha value is -0.630. The van der Waals surface area contributed by atoms with E-state index in [0.717, 1.165) is 6.42 Å². The van der Waals surface area contributed by atoms with E-state index in [4.69, 9.17) is 5.11 Å². The highest BCUT2D eigenvalue weighted by atomic mass is 16.3. The Labute approximate surface area is 73.3 Å². The van der Waals surface area contributed by atoms with Gasteiger partial charge in [0, 0.05) is 12.0 Å². The fraction of sp³-hybridized carbons (Fsp3) is 0.700. The number of Topliss-reactive ketones (excluding diaryl/α,β-unsaturated/α-hetero) is 1. The third-order valence-electron chi connectivity index (χ3n) is 2.50. The molecular formula is C10H16O2. The predicted octanol–water partition coefficient (Wildman–Crippen LogP) is 1.54. The summed E-state index contributed by atoms with van der Waals surface area (Å²) in [6.07, 6.45) is 3.49. The van der Waals surface area contributed by atoms with Gasteiger partial charge in [0.05, 0.1) is 6.61 Å². The minimum Gasteiger partial charge on any atom is -0.392 e. The molecule has 0 aromatic heterocycles. The summed E-state index contributed by atoms with van der Waals surface area (Å²) in [5.41, 5.74) is 0.611. The highest BCUT2D eigenvalue weighted by Gasteiger charge is 2.21. The lowest BCUT2D eigenvalue weighted by atomic mass is 9.83. The van der Waals surface area contributed by atoms with Gasteiger partial charge in [-0.1, -0.05) is 19.9 Å². The van der Waals surface area contributed by atoms with Gasteiger partial charge in [-0.05, 0) is 18.3 Å². The van der Waals surface area contributed by atoms with Crippen molar-refractivity contribution < 1.29 is 9.90 Å². The third-order valence-corrected chi connectivity index (χ3v) is 2.50. The molecule has 2 heteroatoms. The van der Waals surface area contributed by atoms with Crippen molar-refractivity contribution in [3.63, 3.8) is 0 Å². The van der Waals surface area contributed by atoms with E-state index >= 15 is 0 Å². The van der Waals surface area contributed by atoms with Gasteiger partial charge in [-0.2, -0.15) is 0 Å². The number of rotatable bonds is 2. The van der Waals surface area contributed by atoms with Crippen molar-refractivity contribution in [1.82, 2.24) is 0 Å². The molecule has 1 aliphatic carbocycles. The summed E-state index contributed by atoms with van der Waals surface area (Å²) < 4.78 is 0. The molecule has 1 N–H and O–H groups in total. The first-order valence-electron chi connectivity index (χ1n) is 4.50. The minimum absolute atomic E-state index is 0.0952. The van der Waals surface area contributed by atoms with Crippen molar-refractivity contribution in [3.05, 3.63) is 11.6 Å². The molecule has 0 saturated heterocycles. The second-order valence-electron chi connectivity index (χ2n) is 3.72. The molecule has 1 aliphatic rings. The monoisotopic (exact) mass is 168 g/mol. The second kappa shape index (κ2) is 3.85. The maximum atomic E-state index is 11.2. The van der Waals surface area contributed by atoms with Crippen LogP contribution in [0.1, 0.15) is 26.7 Å². The van der Waals surface area contributed by atoms with Crippen molar-refractivity contribution in [1.29, 1.82) is 0 Å². The standard InChI is InChI=1S/C10H16O2/c1-7(2)8-3-4-10(12)9(5-8)6-11/h5,7-8,11H,3-4,6H2,1-2H3. The zero-order chi connectivity index (χ0) is 9.14. The van der Waals surface area contributed by atoms with Crippen LogP contribution < -0.4 is 0 Å². The van der Waals surface area contributed by atoms with Gasteiger partial charge >= 0.3 is 0 Å². The Kier molecular flexibility index (Phi) is 3.04. The van der Waals surface area contributed by atoms with Crippen LogP contribution in [-0.4, -0.2) is 17.5 Å². The smallest absolute Gasteiger partial charge is 0.160 e. The molecule has 0 aliphatic heterocycles. The fourth-order valence-corrected chi connectivity index (χ4v) is 1.56. The Morgan fingerprint density at radius 1 is 1.67 bits per heavy atom. The number of carbonyl (C=O) groups excluding carboxylic acids is 1. The number of carbonyl (C=O) groups is 1. The molecule has 0 heterocycles. The SMILES string of the molecule is CC(C)C1C=C(CO)C(=O)CC1. The zero-order valence-electron chi connectivity index (χ0n) is 7.71. The molecule has 2 nitrogen and oxygen atoms in total. The van der Waals surface area contributed by atoms with E-state index in [9.17, 15) is 4.79 Å². The molecule has 0 spiro atoms. The lowest BCUT2D eigenvalue weighted by Gasteiger charge is -2.22. The van der Waals surface area contributed by atoms with Gasteiger partial charge in [0.2, 0.25) is 0 Å². The average Bonchev–Trinajstić information content (AvgIpc) is 2.05. The third kappa shape index (κ3) is 1.95. The van der Waals surface area contributed by atoms with Crippen molar-refractivity contribution in [2.24, 2.45) is 11.8 Å². The lowest BCUT2D eigenvalue weighted by molar-refractivity contribution is -0.116. The predicted molar refractivity (Wildman–Crippen MR) is 47.7 cm³/mol. The Morgan fingerprint density at radius 3 is 2.83 bits per heavy atom. The Morgan fingerprint density at radius 2 is 2.33 bits per heavy atom. The highest BCUT2D eigenvalue weighted by molar-refractivity contribution is 5.96. The Bertz CT molecular complexity index is 204. The van der Waals surface area contributed by atoms with Crippen LogP contribution in [0.4, 0.5) is 0 Å². The van der Waals surface area contributed by atoms with Gasteiger partial charge in [0.15, 0.2) is 5.78 Å². The van der Waals surface area contributed by atoms with Crippen LogP contribution in [0, 0.1) is 11.8 Å². The number of hydrogen-bond acceptors (Lipinski definition) is 2. The molecular weight excluding hydrogens is 152 g/mol. The molecule has 1 atom stereocenters. The summed E-state index contributed by atoms with van der Waals surface area (Å²) in [6.45, 7) is 4.19. The first-order chi connectivity index (χ1) is 5.65. The van der Waals surface area contributed by atoms with E-state index in [1.165, 1.54) is 0 Å². The topological polar surface area (TPSA) is 37.3 Å². The number of allylic oxidation sites excluding steroid dienone is 1. The van der Waals surface area contributed by atoms with Gasteiger partial charge < -0.3 is 5.11 Å². The fourth-order valence-electron chi connectivity index (χ4n) is 1.56. The average molecular weight is 168 g/mol. The summed E-state index contributed by atoms with van der Waals surface area (Å²) in [5.74, 6) is 1.17. The van der Waals surface area contributed by atoms with Crippen LogP contribution in [0.2, 0.25) is 0 Å². The van der Waals surface area contributed by atoms with E-state index < -0.39 is 0 Å². The van der Waals surface area contributed by atoms with Crippen molar-refractivity contribution >= 4 is 5.78 Å². The maximum absolute atomic E-state index is 11.2. The number of hydrogen-bond donors (Lipinski definition) is 1. The molecule has 1 rings (SSSR count). The number of ketones is 1. The first-order valence-corrected chi connectivity index (χ1v) is 4.50. The van der Waals surface area contributed by atoms with Crippen LogP contribution in [-0.2, 0) is 4.79 Å². The molecule has 0 saturated carbocycles. The lowest BCUT2D eigenvalue weighted by Crippen LogP contribution is -2.19. The molecule has 68 valence electrons. The van der Waals surface area contributed by atoms with Gasteiger partial charge in [0.25, 0.3) is 0 Å². The van der Waals surface area contributed by atoms with Crippen LogP contribution in [0.15, 0.2) is 11.6 Å². The molecule has 0 amide bonds. The van der Waals surface area contributed by atoms with E-state index in [1.807, 2.05) is 6.08 Å². The quantitative estimate of drug-likeness (QED) is 0.679. The highest BCUT2D eigenvalue weighted by Crippen LogP contribution is 2.25. The van der Waals surface area contributed by atoms with Crippen molar-refractivity contribution in [2.75, 3.05) is 6.61 Å². The van der Waals surface area contributed by atoms with E-state index in [1.54, 1.807) is 0 Å². The summed E-state index contributed by atoms with van der Waals surface area (Å²) in [7, 11) is 0. The minimum atomic E-state index is -0.0952. The summed E-state index contributed by atoms with van der Waals surface area (Å²) in [4.78, 5) is 11.2. The zero-order valence-corrected chi connectivity index (χ0v) is 7.71. The van der Waals surface area contributed by atoms with Crippen LogP contribution in [0.3, 0.4) is 0 Å². The normalized spacial score (nSPS) is 24.5. The molecule has 0 bridgehead atoms. The van der Waals surface area contributed by atoms with Crippen molar-refractivity contribution in [3.8, 4) is 0 Å². The number of aliphatic hydroxyl groups is 1. The van der Waals surface area contributed by atoms with Crippen LogP contribution >= 0.6 is 0 Å².